The second kappa shape index (κ2) is 7.55. The van der Waals surface area contributed by atoms with Gasteiger partial charge in [0.25, 0.3) is 0 Å². The zero-order valence-corrected chi connectivity index (χ0v) is 14.8. The largest absolute Gasteiger partial charge is 0.464 e. The molecule has 0 saturated heterocycles. The molecule has 0 amide bonds. The molecule has 1 heterocycles. The zero-order valence-electron chi connectivity index (χ0n) is 13.2. The lowest BCUT2D eigenvalue weighted by Gasteiger charge is -2.07. The quantitative estimate of drug-likeness (QED) is 0.494. The van der Waals surface area contributed by atoms with Crippen molar-refractivity contribution in [3.05, 3.63) is 70.9 Å². The maximum atomic E-state index is 12.0. The van der Waals surface area contributed by atoms with Crippen LogP contribution in [0.1, 0.15) is 20.8 Å². The SMILES string of the molecule is COC(=O)c1nn(-c2ccccc2)c(Sc2ccc(Cl)cc2)c1C=O. The topological polar surface area (TPSA) is 61.2 Å². The number of methoxy groups -OCH3 is 1. The fourth-order valence-corrected chi connectivity index (χ4v) is 3.33. The molecule has 0 aliphatic heterocycles. The average molecular weight is 373 g/mol. The van der Waals surface area contributed by atoms with E-state index in [0.29, 0.717) is 16.3 Å². The van der Waals surface area contributed by atoms with Gasteiger partial charge in [0, 0.05) is 9.92 Å². The first-order valence-corrected chi connectivity index (χ1v) is 8.49. The number of benzene rings is 2. The van der Waals surface area contributed by atoms with E-state index in [1.54, 1.807) is 16.8 Å². The molecule has 0 radical (unpaired) electrons. The van der Waals surface area contributed by atoms with Crippen LogP contribution in [-0.4, -0.2) is 29.1 Å². The van der Waals surface area contributed by atoms with Crippen LogP contribution in [0, 0.1) is 0 Å². The zero-order chi connectivity index (χ0) is 17.8. The lowest BCUT2D eigenvalue weighted by molar-refractivity contribution is 0.0591. The fraction of sp³-hybridized carbons (Fsp3) is 0.0556. The first-order chi connectivity index (χ1) is 12.1. The molecule has 0 atom stereocenters. The van der Waals surface area contributed by atoms with Crippen LogP contribution in [0.3, 0.4) is 0 Å². The summed E-state index contributed by atoms with van der Waals surface area (Å²) in [5.74, 6) is -0.658. The molecule has 0 spiro atoms. The molecule has 1 aromatic heterocycles. The van der Waals surface area contributed by atoms with E-state index >= 15 is 0 Å². The van der Waals surface area contributed by atoms with Crippen LogP contribution in [0.2, 0.25) is 5.02 Å². The van der Waals surface area contributed by atoms with Crippen molar-refractivity contribution in [3.8, 4) is 5.69 Å². The predicted octanol–water partition coefficient (Wildman–Crippen LogP) is 4.28. The highest BCUT2D eigenvalue weighted by atomic mass is 35.5. The Morgan fingerprint density at radius 1 is 1.16 bits per heavy atom. The van der Waals surface area contributed by atoms with Gasteiger partial charge in [-0.25, -0.2) is 9.48 Å². The predicted molar refractivity (Wildman–Crippen MR) is 95.9 cm³/mol. The van der Waals surface area contributed by atoms with Gasteiger partial charge in [-0.3, -0.25) is 4.79 Å². The number of ether oxygens (including phenoxy) is 1. The molecule has 126 valence electrons. The number of hydrogen-bond donors (Lipinski definition) is 0. The smallest absolute Gasteiger partial charge is 0.359 e. The Kier molecular flexibility index (Phi) is 5.21. The van der Waals surface area contributed by atoms with Gasteiger partial charge in [0.05, 0.1) is 18.4 Å². The molecule has 0 saturated carbocycles. The molecule has 0 aliphatic carbocycles. The summed E-state index contributed by atoms with van der Waals surface area (Å²) in [7, 11) is 1.25. The molecule has 2 aromatic carbocycles. The van der Waals surface area contributed by atoms with Gasteiger partial charge in [-0.2, -0.15) is 5.10 Å². The monoisotopic (exact) mass is 372 g/mol. The Morgan fingerprint density at radius 2 is 1.84 bits per heavy atom. The minimum absolute atomic E-state index is 0.0159. The Labute approximate surface area is 153 Å². The summed E-state index contributed by atoms with van der Waals surface area (Å²) in [6.07, 6.45) is 0.622. The van der Waals surface area contributed by atoms with Crippen LogP contribution in [0.5, 0.6) is 0 Å². The lowest BCUT2D eigenvalue weighted by Crippen LogP contribution is -2.05. The van der Waals surface area contributed by atoms with Crippen LogP contribution in [-0.2, 0) is 4.74 Å². The highest BCUT2D eigenvalue weighted by Gasteiger charge is 2.24. The van der Waals surface area contributed by atoms with Crippen molar-refractivity contribution in [1.82, 2.24) is 9.78 Å². The van der Waals surface area contributed by atoms with Gasteiger partial charge in [0.2, 0.25) is 0 Å². The van der Waals surface area contributed by atoms with Gasteiger partial charge in [-0.15, -0.1) is 0 Å². The summed E-state index contributed by atoms with van der Waals surface area (Å²) in [5.41, 5.74) is 0.908. The third kappa shape index (κ3) is 3.60. The summed E-state index contributed by atoms with van der Waals surface area (Å²) < 4.78 is 6.31. The van der Waals surface area contributed by atoms with E-state index in [9.17, 15) is 9.59 Å². The first-order valence-electron chi connectivity index (χ1n) is 7.29. The molecule has 0 fully saturated rings. The third-order valence-corrected chi connectivity index (χ3v) is 4.75. The minimum Gasteiger partial charge on any atom is -0.464 e. The van der Waals surface area contributed by atoms with Gasteiger partial charge in [0.1, 0.15) is 5.03 Å². The normalized spacial score (nSPS) is 10.5. The van der Waals surface area contributed by atoms with Crippen LogP contribution in [0.25, 0.3) is 5.69 Å². The van der Waals surface area contributed by atoms with Crippen molar-refractivity contribution >= 4 is 35.6 Å². The average Bonchev–Trinajstić information content (AvgIpc) is 3.02. The molecule has 5 nitrogen and oxygen atoms in total. The summed E-state index contributed by atoms with van der Waals surface area (Å²) in [6, 6.07) is 16.5. The molecule has 0 unspecified atom stereocenters. The number of aromatic nitrogens is 2. The minimum atomic E-state index is -0.658. The van der Waals surface area contributed by atoms with Crippen LogP contribution < -0.4 is 0 Å². The van der Waals surface area contributed by atoms with E-state index in [-0.39, 0.29) is 11.3 Å². The maximum Gasteiger partial charge on any atom is 0.359 e. The number of carbonyl (C=O) groups is 2. The Bertz CT molecular complexity index is 908. The molecule has 0 N–H and O–H groups in total. The van der Waals surface area contributed by atoms with Crippen LogP contribution >= 0.6 is 23.4 Å². The van der Waals surface area contributed by atoms with E-state index in [4.69, 9.17) is 16.3 Å². The van der Waals surface area contributed by atoms with Crippen molar-refractivity contribution in [1.29, 1.82) is 0 Å². The summed E-state index contributed by atoms with van der Waals surface area (Å²) in [6.45, 7) is 0. The highest BCUT2D eigenvalue weighted by Crippen LogP contribution is 2.34. The molecular formula is C18H13ClN2O3S. The van der Waals surface area contributed by atoms with Gasteiger partial charge in [-0.05, 0) is 36.4 Å². The van der Waals surface area contributed by atoms with Crippen molar-refractivity contribution in [3.63, 3.8) is 0 Å². The van der Waals surface area contributed by atoms with Gasteiger partial charge in [0.15, 0.2) is 12.0 Å². The first kappa shape index (κ1) is 17.3. The van der Waals surface area contributed by atoms with Crippen LogP contribution in [0.4, 0.5) is 0 Å². The summed E-state index contributed by atoms with van der Waals surface area (Å²) in [5, 5.41) is 5.45. The summed E-state index contributed by atoms with van der Waals surface area (Å²) >= 11 is 7.24. The standard InChI is InChI=1S/C18H13ClN2O3S/c1-24-18(23)16-15(11-22)17(25-14-9-7-12(19)8-10-14)21(20-16)13-5-3-2-4-6-13/h2-11H,1H3. The molecular weight excluding hydrogens is 360 g/mol. The highest BCUT2D eigenvalue weighted by molar-refractivity contribution is 7.99. The molecule has 0 bridgehead atoms. The number of hydrogen-bond acceptors (Lipinski definition) is 5. The number of rotatable bonds is 5. The number of esters is 1. The Balaban J connectivity index is 2.16. The lowest BCUT2D eigenvalue weighted by atomic mass is 10.3. The molecule has 3 aromatic rings. The van der Waals surface area contributed by atoms with E-state index in [1.807, 2.05) is 42.5 Å². The number of carbonyl (C=O) groups excluding carboxylic acids is 2. The van der Waals surface area contributed by atoms with E-state index in [0.717, 1.165) is 10.6 Å². The van der Waals surface area contributed by atoms with Crippen molar-refractivity contribution in [2.45, 2.75) is 9.92 Å². The summed E-state index contributed by atoms with van der Waals surface area (Å²) in [4.78, 5) is 24.5. The number of aldehydes is 1. The Morgan fingerprint density at radius 3 is 2.44 bits per heavy atom. The third-order valence-electron chi connectivity index (χ3n) is 3.40. The fourth-order valence-electron chi connectivity index (χ4n) is 2.23. The van der Waals surface area contributed by atoms with Gasteiger partial charge in [-0.1, -0.05) is 41.6 Å². The molecule has 0 aliphatic rings. The van der Waals surface area contributed by atoms with Gasteiger partial charge < -0.3 is 4.74 Å². The second-order valence-electron chi connectivity index (χ2n) is 4.98. The van der Waals surface area contributed by atoms with Crippen molar-refractivity contribution < 1.29 is 14.3 Å². The van der Waals surface area contributed by atoms with Gasteiger partial charge >= 0.3 is 5.97 Å². The maximum absolute atomic E-state index is 12.0. The van der Waals surface area contributed by atoms with Crippen molar-refractivity contribution in [2.75, 3.05) is 7.11 Å². The van der Waals surface area contributed by atoms with Crippen LogP contribution in [0.15, 0.2) is 64.5 Å². The second-order valence-corrected chi connectivity index (χ2v) is 6.48. The van der Waals surface area contributed by atoms with E-state index < -0.39 is 5.97 Å². The van der Waals surface area contributed by atoms with E-state index in [1.165, 1.54) is 18.9 Å². The molecule has 3 rings (SSSR count). The number of nitrogens with zero attached hydrogens (tertiary/aromatic N) is 2. The number of para-hydroxylation sites is 1. The van der Waals surface area contributed by atoms with E-state index in [2.05, 4.69) is 5.10 Å². The molecule has 7 heteroatoms. The Hall–Kier alpha value is -2.57. The molecule has 25 heavy (non-hydrogen) atoms. The number of halogens is 1. The van der Waals surface area contributed by atoms with Crippen molar-refractivity contribution in [2.24, 2.45) is 0 Å².